The molecule has 0 unspecified atom stereocenters. The van der Waals surface area contributed by atoms with Crippen LogP contribution in [-0.4, -0.2) is 34.1 Å². The first-order valence-electron chi connectivity index (χ1n) is 4.69. The number of hydrogen-bond acceptors (Lipinski definition) is 6. The zero-order chi connectivity index (χ0) is 11.4. The Kier molecular flexibility index (Phi) is 2.90. The molecule has 2 rings (SSSR count). The van der Waals surface area contributed by atoms with Gasteiger partial charge in [0.1, 0.15) is 18.3 Å². The molecule has 0 saturated carbocycles. The van der Waals surface area contributed by atoms with Gasteiger partial charge in [-0.15, -0.1) is 0 Å². The van der Waals surface area contributed by atoms with E-state index in [9.17, 15) is 0 Å². The summed E-state index contributed by atoms with van der Waals surface area (Å²) in [5, 5.41) is 2.94. The van der Waals surface area contributed by atoms with Gasteiger partial charge in [-0.3, -0.25) is 0 Å². The molecule has 0 atom stereocenters. The summed E-state index contributed by atoms with van der Waals surface area (Å²) < 4.78 is 5.28. The fourth-order valence-corrected chi connectivity index (χ4v) is 1.37. The molecule has 0 aliphatic heterocycles. The average molecular weight is 217 g/mol. The van der Waals surface area contributed by atoms with Gasteiger partial charge in [0.05, 0.1) is 7.11 Å². The van der Waals surface area contributed by atoms with Gasteiger partial charge in [0, 0.05) is 25.0 Å². The van der Waals surface area contributed by atoms with E-state index >= 15 is 0 Å². The molecule has 0 spiro atoms. The van der Waals surface area contributed by atoms with E-state index in [1.807, 2.05) is 0 Å². The van der Waals surface area contributed by atoms with Gasteiger partial charge in [0.2, 0.25) is 0 Å². The van der Waals surface area contributed by atoms with Crippen molar-refractivity contribution in [2.24, 2.45) is 0 Å². The van der Waals surface area contributed by atoms with Crippen LogP contribution in [0, 0.1) is 0 Å². The van der Waals surface area contributed by atoms with Crippen molar-refractivity contribution in [2.75, 3.05) is 19.5 Å². The summed E-state index contributed by atoms with van der Waals surface area (Å²) in [5.74, 6) is 1.22. The highest BCUT2D eigenvalue weighted by Gasteiger charge is 2.12. The topological polar surface area (TPSA) is 72.8 Å². The molecule has 2 aromatic heterocycles. The molecule has 0 bridgehead atoms. The predicted molar refractivity (Wildman–Crippen MR) is 59.2 cm³/mol. The fraction of sp³-hybridized carbons (Fsp3) is 0.200. The highest BCUT2D eigenvalue weighted by Crippen LogP contribution is 2.31. The number of aromatic nitrogens is 4. The van der Waals surface area contributed by atoms with E-state index in [-0.39, 0.29) is 0 Å². The normalized spacial score (nSPS) is 9.88. The summed E-state index contributed by atoms with van der Waals surface area (Å²) in [7, 11) is 3.35. The smallest absolute Gasteiger partial charge is 0.187 e. The van der Waals surface area contributed by atoms with Gasteiger partial charge >= 0.3 is 0 Å². The van der Waals surface area contributed by atoms with E-state index in [1.165, 1.54) is 12.7 Å². The first-order chi connectivity index (χ1) is 7.86. The number of anilines is 1. The van der Waals surface area contributed by atoms with Crippen LogP contribution in [0.5, 0.6) is 5.75 Å². The second kappa shape index (κ2) is 4.52. The SMILES string of the molecule is CNc1ncnc(-c2cncnc2)c1OC. The Balaban J connectivity index is 2.57. The monoisotopic (exact) mass is 217 g/mol. The molecular weight excluding hydrogens is 206 g/mol. The molecule has 2 aromatic rings. The Morgan fingerprint density at radius 3 is 2.50 bits per heavy atom. The third-order valence-corrected chi connectivity index (χ3v) is 2.08. The molecule has 6 nitrogen and oxygen atoms in total. The second-order valence-electron chi connectivity index (χ2n) is 2.98. The Morgan fingerprint density at radius 2 is 1.88 bits per heavy atom. The molecule has 0 amide bonds. The lowest BCUT2D eigenvalue weighted by atomic mass is 10.2. The van der Waals surface area contributed by atoms with Crippen LogP contribution in [0.3, 0.4) is 0 Å². The van der Waals surface area contributed by atoms with Gasteiger partial charge in [0.15, 0.2) is 11.6 Å². The van der Waals surface area contributed by atoms with E-state index in [4.69, 9.17) is 4.74 Å². The second-order valence-corrected chi connectivity index (χ2v) is 2.98. The van der Waals surface area contributed by atoms with Crippen LogP contribution in [0.4, 0.5) is 5.82 Å². The molecule has 0 saturated heterocycles. The molecule has 1 N–H and O–H groups in total. The van der Waals surface area contributed by atoms with Crippen LogP contribution in [-0.2, 0) is 0 Å². The number of nitrogens with zero attached hydrogens (tertiary/aromatic N) is 4. The number of rotatable bonds is 3. The van der Waals surface area contributed by atoms with E-state index in [0.29, 0.717) is 17.3 Å². The van der Waals surface area contributed by atoms with Gasteiger partial charge in [-0.1, -0.05) is 0 Å². The molecule has 16 heavy (non-hydrogen) atoms. The lowest BCUT2D eigenvalue weighted by Crippen LogP contribution is -2.00. The quantitative estimate of drug-likeness (QED) is 0.826. The van der Waals surface area contributed by atoms with Gasteiger partial charge < -0.3 is 10.1 Å². The van der Waals surface area contributed by atoms with E-state index < -0.39 is 0 Å². The van der Waals surface area contributed by atoms with Crippen LogP contribution in [0.25, 0.3) is 11.3 Å². The fourth-order valence-electron chi connectivity index (χ4n) is 1.37. The minimum Gasteiger partial charge on any atom is -0.491 e. The Bertz CT molecular complexity index is 474. The summed E-state index contributed by atoms with van der Waals surface area (Å²) in [6.07, 6.45) is 6.29. The Labute approximate surface area is 92.8 Å². The number of ether oxygens (including phenoxy) is 1. The van der Waals surface area contributed by atoms with Crippen LogP contribution in [0.15, 0.2) is 25.0 Å². The molecule has 82 valence electrons. The summed E-state index contributed by atoms with van der Waals surface area (Å²) in [6.45, 7) is 0. The third kappa shape index (κ3) is 1.77. The molecule has 6 heteroatoms. The van der Waals surface area contributed by atoms with Crippen molar-refractivity contribution in [3.8, 4) is 17.0 Å². The number of methoxy groups -OCH3 is 1. The first kappa shape index (κ1) is 10.3. The molecular formula is C10H11N5O. The molecule has 0 fully saturated rings. The van der Waals surface area contributed by atoms with Crippen molar-refractivity contribution in [1.29, 1.82) is 0 Å². The maximum absolute atomic E-state index is 5.28. The summed E-state index contributed by atoms with van der Waals surface area (Å²) in [6, 6.07) is 0. The zero-order valence-corrected chi connectivity index (χ0v) is 9.01. The van der Waals surface area contributed by atoms with Gasteiger partial charge in [-0.05, 0) is 0 Å². The molecule has 0 aromatic carbocycles. The summed E-state index contributed by atoms with van der Waals surface area (Å²) >= 11 is 0. The van der Waals surface area contributed by atoms with Crippen molar-refractivity contribution < 1.29 is 4.74 Å². The van der Waals surface area contributed by atoms with Crippen molar-refractivity contribution >= 4 is 5.82 Å². The minimum atomic E-state index is 0.583. The maximum atomic E-state index is 5.28. The summed E-state index contributed by atoms with van der Waals surface area (Å²) in [5.41, 5.74) is 1.46. The van der Waals surface area contributed by atoms with Crippen molar-refractivity contribution in [1.82, 2.24) is 19.9 Å². The molecule has 0 radical (unpaired) electrons. The molecule has 0 aliphatic rings. The van der Waals surface area contributed by atoms with Gasteiger partial charge in [0.25, 0.3) is 0 Å². The average Bonchev–Trinajstić information content (AvgIpc) is 2.38. The zero-order valence-electron chi connectivity index (χ0n) is 9.01. The first-order valence-corrected chi connectivity index (χ1v) is 4.69. The molecule has 2 heterocycles. The van der Waals surface area contributed by atoms with Crippen LogP contribution < -0.4 is 10.1 Å². The highest BCUT2D eigenvalue weighted by atomic mass is 16.5. The van der Waals surface area contributed by atoms with Crippen LogP contribution >= 0.6 is 0 Å². The van der Waals surface area contributed by atoms with E-state index in [1.54, 1.807) is 26.6 Å². The van der Waals surface area contributed by atoms with Crippen LogP contribution in [0.2, 0.25) is 0 Å². The van der Waals surface area contributed by atoms with E-state index in [2.05, 4.69) is 25.3 Å². The predicted octanol–water partition coefficient (Wildman–Crippen LogP) is 0.984. The number of hydrogen-bond donors (Lipinski definition) is 1. The van der Waals surface area contributed by atoms with Crippen molar-refractivity contribution in [3.05, 3.63) is 25.0 Å². The van der Waals surface area contributed by atoms with Crippen molar-refractivity contribution in [2.45, 2.75) is 0 Å². The molecule has 0 aliphatic carbocycles. The number of nitrogens with one attached hydrogen (secondary N) is 1. The minimum absolute atomic E-state index is 0.583. The lowest BCUT2D eigenvalue weighted by molar-refractivity contribution is 0.415. The highest BCUT2D eigenvalue weighted by molar-refractivity contribution is 5.71. The standard InChI is InChI=1S/C10H11N5O/c1-11-10-9(16-2)8(14-6-15-10)7-3-12-5-13-4-7/h3-6H,1-2H3,(H,11,14,15). The van der Waals surface area contributed by atoms with Crippen molar-refractivity contribution in [3.63, 3.8) is 0 Å². The van der Waals surface area contributed by atoms with Gasteiger partial charge in [-0.25, -0.2) is 19.9 Å². The maximum Gasteiger partial charge on any atom is 0.187 e. The lowest BCUT2D eigenvalue weighted by Gasteiger charge is -2.10. The van der Waals surface area contributed by atoms with Gasteiger partial charge in [-0.2, -0.15) is 0 Å². The Morgan fingerprint density at radius 1 is 1.12 bits per heavy atom. The Hall–Kier alpha value is -2.24. The van der Waals surface area contributed by atoms with E-state index in [0.717, 1.165) is 5.56 Å². The van der Waals surface area contributed by atoms with Crippen LogP contribution in [0.1, 0.15) is 0 Å². The largest absolute Gasteiger partial charge is 0.491 e. The third-order valence-electron chi connectivity index (χ3n) is 2.08. The summed E-state index contributed by atoms with van der Waals surface area (Å²) in [4.78, 5) is 16.1.